The van der Waals surface area contributed by atoms with Gasteiger partial charge in [0.1, 0.15) is 11.9 Å². The smallest absolute Gasteiger partial charge is 0.328 e. The van der Waals surface area contributed by atoms with E-state index in [2.05, 4.69) is 10.2 Å². The number of likely N-dealkylation sites (tertiary alicyclic amines) is 2. The van der Waals surface area contributed by atoms with Gasteiger partial charge in [-0.1, -0.05) is 11.6 Å². The second-order valence-corrected chi connectivity index (χ2v) is 10.8. The SMILES string of the molecule is COc1cc(N)c(Cl)cc1C(=O)NC1CCN(CC2CCN(C(=O)C3CCCO3)CC2)CC1.O=C(O)C=CC(=O)O. The molecule has 3 aliphatic heterocycles. The topological polar surface area (TPSA) is 172 Å². The molecule has 0 spiro atoms. The Balaban J connectivity index is 0.000000507. The fourth-order valence-electron chi connectivity index (χ4n) is 5.26. The van der Waals surface area contributed by atoms with E-state index in [0.717, 1.165) is 71.2 Å². The number of rotatable bonds is 8. The van der Waals surface area contributed by atoms with Crippen LogP contribution in [0.2, 0.25) is 5.02 Å². The number of anilines is 1. The van der Waals surface area contributed by atoms with Crippen LogP contribution in [0, 0.1) is 5.92 Å². The summed E-state index contributed by atoms with van der Waals surface area (Å²) in [6.07, 6.45) is 6.68. The van der Waals surface area contributed by atoms with Gasteiger partial charge in [0.2, 0.25) is 0 Å². The number of carbonyl (C=O) groups excluding carboxylic acids is 2. The second-order valence-electron chi connectivity index (χ2n) is 10.4. The molecule has 0 aliphatic carbocycles. The van der Waals surface area contributed by atoms with Crippen molar-refractivity contribution in [2.45, 2.75) is 50.7 Å². The second kappa shape index (κ2) is 15.6. The van der Waals surface area contributed by atoms with Gasteiger partial charge in [-0.3, -0.25) is 9.59 Å². The van der Waals surface area contributed by atoms with E-state index in [-0.39, 0.29) is 24.0 Å². The van der Waals surface area contributed by atoms with E-state index >= 15 is 0 Å². The van der Waals surface area contributed by atoms with Crippen LogP contribution in [-0.2, 0) is 19.1 Å². The van der Waals surface area contributed by atoms with Crippen molar-refractivity contribution in [3.05, 3.63) is 34.9 Å². The van der Waals surface area contributed by atoms with Gasteiger partial charge in [0.15, 0.2) is 0 Å². The molecule has 3 heterocycles. The molecule has 3 aliphatic rings. The minimum atomic E-state index is -1.26. The lowest BCUT2D eigenvalue weighted by Crippen LogP contribution is -2.48. The predicted octanol–water partition coefficient (Wildman–Crippen LogP) is 2.25. The molecule has 13 heteroatoms. The molecular weight excluding hydrogens is 556 g/mol. The lowest BCUT2D eigenvalue weighted by atomic mass is 9.94. The van der Waals surface area contributed by atoms with Crippen LogP contribution in [0.5, 0.6) is 5.75 Å². The Bertz CT molecular complexity index is 1090. The Hall–Kier alpha value is -3.35. The average Bonchev–Trinajstić information content (AvgIpc) is 3.50. The maximum absolute atomic E-state index is 12.8. The van der Waals surface area contributed by atoms with Gasteiger partial charge in [0.05, 0.1) is 23.4 Å². The monoisotopic (exact) mass is 594 g/mol. The van der Waals surface area contributed by atoms with Gasteiger partial charge in [-0.25, -0.2) is 9.59 Å². The normalized spacial score (nSPS) is 20.3. The highest BCUT2D eigenvalue weighted by Crippen LogP contribution is 2.29. The number of carboxylic acid groups (broad SMARTS) is 2. The molecule has 1 atom stereocenters. The van der Waals surface area contributed by atoms with Gasteiger partial charge >= 0.3 is 11.9 Å². The first-order chi connectivity index (χ1) is 19.6. The number of carbonyl (C=O) groups is 4. The molecule has 1 unspecified atom stereocenters. The number of ether oxygens (including phenoxy) is 2. The van der Waals surface area contributed by atoms with E-state index in [4.69, 9.17) is 37.0 Å². The lowest BCUT2D eigenvalue weighted by molar-refractivity contribution is -0.142. The molecule has 0 saturated carbocycles. The van der Waals surface area contributed by atoms with Crippen molar-refractivity contribution in [2.75, 3.05) is 52.2 Å². The average molecular weight is 595 g/mol. The number of methoxy groups -OCH3 is 1. The first kappa shape index (κ1) is 32.2. The zero-order valence-electron chi connectivity index (χ0n) is 23.2. The highest BCUT2D eigenvalue weighted by Gasteiger charge is 2.32. The maximum atomic E-state index is 12.8. The number of amides is 2. The van der Waals surface area contributed by atoms with Crippen LogP contribution >= 0.6 is 11.6 Å². The number of hydrogen-bond donors (Lipinski definition) is 4. The highest BCUT2D eigenvalue weighted by atomic mass is 35.5. The van der Waals surface area contributed by atoms with E-state index in [0.29, 0.717) is 46.7 Å². The highest BCUT2D eigenvalue weighted by molar-refractivity contribution is 6.33. The van der Waals surface area contributed by atoms with Gasteiger partial charge in [-0.2, -0.15) is 0 Å². The third-order valence-corrected chi connectivity index (χ3v) is 7.83. The van der Waals surface area contributed by atoms with Crippen molar-refractivity contribution in [3.8, 4) is 5.75 Å². The van der Waals surface area contributed by atoms with Crippen LogP contribution in [0.15, 0.2) is 24.3 Å². The number of nitrogens with zero attached hydrogens (tertiary/aromatic N) is 2. The summed E-state index contributed by atoms with van der Waals surface area (Å²) in [6.45, 7) is 5.36. The Morgan fingerprint density at radius 2 is 1.68 bits per heavy atom. The van der Waals surface area contributed by atoms with Gasteiger partial charge in [0, 0.05) is 63.6 Å². The quantitative estimate of drug-likeness (QED) is 0.258. The number of nitrogens with two attached hydrogens (primary N) is 1. The molecule has 0 radical (unpaired) electrons. The molecule has 226 valence electrons. The molecule has 1 aromatic rings. The van der Waals surface area contributed by atoms with Crippen molar-refractivity contribution in [2.24, 2.45) is 5.92 Å². The van der Waals surface area contributed by atoms with Crippen molar-refractivity contribution in [1.82, 2.24) is 15.1 Å². The van der Waals surface area contributed by atoms with E-state index < -0.39 is 11.9 Å². The summed E-state index contributed by atoms with van der Waals surface area (Å²) in [4.78, 5) is 48.9. The summed E-state index contributed by atoms with van der Waals surface area (Å²) in [6, 6.07) is 3.27. The van der Waals surface area contributed by atoms with Crippen molar-refractivity contribution >= 4 is 41.0 Å². The van der Waals surface area contributed by atoms with Crippen LogP contribution in [0.1, 0.15) is 48.9 Å². The molecule has 2 amide bonds. The van der Waals surface area contributed by atoms with Crippen molar-refractivity contribution in [1.29, 1.82) is 0 Å². The van der Waals surface area contributed by atoms with Crippen molar-refractivity contribution < 1.29 is 38.9 Å². The maximum Gasteiger partial charge on any atom is 0.328 e. The molecule has 0 aromatic heterocycles. The van der Waals surface area contributed by atoms with Gasteiger partial charge in [-0.05, 0) is 50.5 Å². The van der Waals surface area contributed by atoms with Crippen LogP contribution in [0.4, 0.5) is 5.69 Å². The van der Waals surface area contributed by atoms with Crippen LogP contribution in [-0.4, -0.2) is 102 Å². The minimum absolute atomic E-state index is 0.126. The predicted molar refractivity (Wildman–Crippen MR) is 152 cm³/mol. The first-order valence-corrected chi connectivity index (χ1v) is 14.2. The Morgan fingerprint density at radius 3 is 2.22 bits per heavy atom. The Labute approximate surface area is 244 Å². The van der Waals surface area contributed by atoms with Gasteiger partial charge in [0.25, 0.3) is 11.8 Å². The largest absolute Gasteiger partial charge is 0.496 e. The fraction of sp³-hybridized carbons (Fsp3) is 0.571. The zero-order valence-corrected chi connectivity index (χ0v) is 24.0. The number of nitrogen functional groups attached to an aromatic ring is 1. The fourth-order valence-corrected chi connectivity index (χ4v) is 5.42. The summed E-state index contributed by atoms with van der Waals surface area (Å²) in [7, 11) is 1.51. The number of hydrogen-bond acceptors (Lipinski definition) is 8. The molecule has 41 heavy (non-hydrogen) atoms. The molecule has 1 aromatic carbocycles. The third-order valence-electron chi connectivity index (χ3n) is 7.50. The van der Waals surface area contributed by atoms with Crippen molar-refractivity contribution in [3.63, 3.8) is 0 Å². The molecule has 12 nitrogen and oxygen atoms in total. The molecule has 4 rings (SSSR count). The summed E-state index contributed by atoms with van der Waals surface area (Å²) < 4.78 is 10.9. The van der Waals surface area contributed by atoms with E-state index in [1.807, 2.05) is 4.90 Å². The first-order valence-electron chi connectivity index (χ1n) is 13.8. The van der Waals surface area contributed by atoms with Crippen LogP contribution in [0.25, 0.3) is 0 Å². The van der Waals surface area contributed by atoms with E-state index in [1.165, 1.54) is 7.11 Å². The molecule has 5 N–H and O–H groups in total. The molecular formula is C28H39ClN4O8. The minimum Gasteiger partial charge on any atom is -0.496 e. The van der Waals surface area contributed by atoms with Gasteiger partial charge in [-0.15, -0.1) is 0 Å². The number of aliphatic carboxylic acids is 2. The van der Waals surface area contributed by atoms with Crippen LogP contribution in [0.3, 0.4) is 0 Å². The number of halogens is 1. The standard InChI is InChI=1S/C24H35ClN4O4.C4H4O4/c1-32-22-14-20(26)19(25)13-18(22)23(30)27-17-6-8-28(9-7-17)15-16-4-10-29(11-5-16)24(31)21-3-2-12-33-21;5-3(6)1-2-4(7)8/h13-14,16-17,21H,2-12,15,26H2,1H3,(H,27,30);1-2H,(H,5,6)(H,7,8). The summed E-state index contributed by atoms with van der Waals surface area (Å²) in [5.41, 5.74) is 6.61. The number of carboxylic acids is 2. The molecule has 3 fully saturated rings. The lowest BCUT2D eigenvalue weighted by Gasteiger charge is -2.38. The Morgan fingerprint density at radius 1 is 1.05 bits per heavy atom. The summed E-state index contributed by atoms with van der Waals surface area (Å²) in [5.74, 6) is -1.47. The molecule has 0 bridgehead atoms. The number of nitrogens with one attached hydrogen (secondary N) is 1. The number of benzene rings is 1. The van der Waals surface area contributed by atoms with E-state index in [9.17, 15) is 19.2 Å². The van der Waals surface area contributed by atoms with E-state index in [1.54, 1.807) is 12.1 Å². The molecule has 3 saturated heterocycles. The Kier molecular flexibility index (Phi) is 12.2. The third kappa shape index (κ3) is 9.91. The summed E-state index contributed by atoms with van der Waals surface area (Å²) in [5, 5.41) is 19.1. The van der Waals surface area contributed by atoms with Gasteiger partial charge < -0.3 is 40.5 Å². The van der Waals surface area contributed by atoms with Crippen LogP contribution < -0.4 is 15.8 Å². The zero-order chi connectivity index (χ0) is 29.9. The summed E-state index contributed by atoms with van der Waals surface area (Å²) >= 11 is 6.11. The number of piperidine rings is 2.